The van der Waals surface area contributed by atoms with E-state index in [9.17, 15) is 0 Å². The highest BCUT2D eigenvalue weighted by molar-refractivity contribution is 14.1. The molecule has 0 aliphatic rings. The molecular formula is C10H12IO2. The minimum atomic E-state index is 0.0442. The van der Waals surface area contributed by atoms with Crippen LogP contribution in [0.1, 0.15) is 18.1 Å². The van der Waals surface area contributed by atoms with Crippen molar-refractivity contribution in [2.45, 2.75) is 13.5 Å². The first-order valence-corrected chi connectivity index (χ1v) is 5.09. The molecule has 0 fully saturated rings. The van der Waals surface area contributed by atoms with Gasteiger partial charge >= 0.3 is 0 Å². The fourth-order valence-electron chi connectivity index (χ4n) is 1.08. The molecule has 0 aliphatic carbocycles. The highest BCUT2D eigenvalue weighted by Gasteiger charge is 2.06. The minimum absolute atomic E-state index is 0.0442. The zero-order valence-corrected chi connectivity index (χ0v) is 9.58. The summed E-state index contributed by atoms with van der Waals surface area (Å²) in [4.78, 5) is 0. The second kappa shape index (κ2) is 4.93. The number of aliphatic hydroxyl groups is 2. The molecule has 0 heterocycles. The van der Waals surface area contributed by atoms with Gasteiger partial charge in [-0.2, -0.15) is 0 Å². The van der Waals surface area contributed by atoms with Gasteiger partial charge in [0.1, 0.15) is 0 Å². The smallest absolute Gasteiger partial charge is 0.0682 e. The Hall–Kier alpha value is -0.130. The van der Waals surface area contributed by atoms with Crippen LogP contribution in [0.15, 0.2) is 18.2 Å². The molecule has 71 valence electrons. The molecule has 13 heavy (non-hydrogen) atoms. The summed E-state index contributed by atoms with van der Waals surface area (Å²) in [7, 11) is 0. The van der Waals surface area contributed by atoms with Gasteiger partial charge in [0, 0.05) is 9.49 Å². The van der Waals surface area contributed by atoms with Gasteiger partial charge in [0.2, 0.25) is 0 Å². The molecule has 0 saturated carbocycles. The molecule has 2 nitrogen and oxygen atoms in total. The third-order valence-electron chi connectivity index (χ3n) is 1.87. The number of benzene rings is 1. The summed E-state index contributed by atoms with van der Waals surface area (Å²) in [6.45, 7) is 1.99. The highest BCUT2D eigenvalue weighted by Crippen LogP contribution is 2.19. The molecule has 0 atom stereocenters. The Morgan fingerprint density at radius 2 is 2.00 bits per heavy atom. The van der Waals surface area contributed by atoms with Gasteiger partial charge < -0.3 is 10.2 Å². The van der Waals surface area contributed by atoms with E-state index in [1.54, 1.807) is 0 Å². The van der Waals surface area contributed by atoms with Crippen LogP contribution in [0.25, 0.3) is 0 Å². The maximum Gasteiger partial charge on any atom is 0.0682 e. The first kappa shape index (κ1) is 10.9. The lowest BCUT2D eigenvalue weighted by Crippen LogP contribution is -2.01. The van der Waals surface area contributed by atoms with Crippen LogP contribution in [0.5, 0.6) is 0 Å². The SMILES string of the molecule is C[C](CO)c1cc(I)cc(CO)c1. The molecule has 1 aromatic rings. The Morgan fingerprint density at radius 1 is 1.31 bits per heavy atom. The summed E-state index contributed by atoms with van der Waals surface area (Å²) >= 11 is 2.20. The van der Waals surface area contributed by atoms with Gasteiger partial charge in [-0.3, -0.25) is 0 Å². The van der Waals surface area contributed by atoms with Crippen molar-refractivity contribution in [2.75, 3.05) is 6.61 Å². The van der Waals surface area contributed by atoms with Gasteiger partial charge in [0.25, 0.3) is 0 Å². The van der Waals surface area contributed by atoms with E-state index in [4.69, 9.17) is 10.2 Å². The van der Waals surface area contributed by atoms with Gasteiger partial charge in [0.05, 0.1) is 13.2 Å². The minimum Gasteiger partial charge on any atom is -0.395 e. The van der Waals surface area contributed by atoms with Crippen LogP contribution in [0.4, 0.5) is 0 Å². The van der Waals surface area contributed by atoms with Crippen LogP contribution in [-0.4, -0.2) is 16.8 Å². The second-order valence-corrected chi connectivity index (χ2v) is 4.19. The van der Waals surface area contributed by atoms with E-state index < -0.39 is 0 Å². The molecule has 3 heteroatoms. The Labute approximate surface area is 91.7 Å². The summed E-state index contributed by atoms with van der Waals surface area (Å²) in [5.74, 6) is 0.924. The first-order valence-electron chi connectivity index (χ1n) is 4.01. The monoisotopic (exact) mass is 291 g/mol. The number of hydrogen-bond acceptors (Lipinski definition) is 2. The Kier molecular flexibility index (Phi) is 4.15. The van der Waals surface area contributed by atoms with Crippen molar-refractivity contribution >= 4 is 22.6 Å². The quantitative estimate of drug-likeness (QED) is 0.833. The van der Waals surface area contributed by atoms with Gasteiger partial charge in [-0.25, -0.2) is 0 Å². The lowest BCUT2D eigenvalue weighted by Gasteiger charge is -2.09. The molecule has 0 bridgehead atoms. The third kappa shape index (κ3) is 2.93. The molecule has 0 aliphatic heterocycles. The summed E-state index contributed by atoms with van der Waals surface area (Å²) in [5.41, 5.74) is 1.88. The average Bonchev–Trinajstić information content (AvgIpc) is 2.15. The number of rotatable bonds is 3. The molecule has 1 aromatic carbocycles. The average molecular weight is 291 g/mol. The normalized spacial score (nSPS) is 10.8. The number of hydrogen-bond donors (Lipinski definition) is 2. The van der Waals surface area contributed by atoms with Crippen molar-refractivity contribution in [3.8, 4) is 0 Å². The molecule has 2 N–H and O–H groups in total. The zero-order chi connectivity index (χ0) is 9.84. The summed E-state index contributed by atoms with van der Waals surface area (Å²) < 4.78 is 1.08. The molecule has 0 spiro atoms. The van der Waals surface area contributed by atoms with E-state index in [1.807, 2.05) is 25.1 Å². The van der Waals surface area contributed by atoms with Gasteiger partial charge in [0.15, 0.2) is 0 Å². The lowest BCUT2D eigenvalue weighted by molar-refractivity contribution is 0.281. The molecule has 0 unspecified atom stereocenters. The van der Waals surface area contributed by atoms with Crippen LogP contribution in [0.3, 0.4) is 0 Å². The molecular weight excluding hydrogens is 279 g/mol. The molecule has 0 saturated heterocycles. The second-order valence-electron chi connectivity index (χ2n) is 2.94. The van der Waals surface area contributed by atoms with Crippen molar-refractivity contribution in [3.05, 3.63) is 38.8 Å². The molecule has 1 radical (unpaired) electrons. The van der Waals surface area contributed by atoms with Crippen molar-refractivity contribution in [1.29, 1.82) is 0 Å². The Bertz CT molecular complexity index is 286. The molecule has 1 rings (SSSR count). The Morgan fingerprint density at radius 3 is 2.54 bits per heavy atom. The van der Waals surface area contributed by atoms with Crippen molar-refractivity contribution in [2.24, 2.45) is 0 Å². The molecule has 0 amide bonds. The van der Waals surface area contributed by atoms with Gasteiger partial charge in [-0.05, 0) is 45.9 Å². The van der Waals surface area contributed by atoms with Crippen LogP contribution in [0.2, 0.25) is 0 Å². The Balaban J connectivity index is 3.01. The standard InChI is InChI=1S/C10H12IO2/c1-7(5-12)9-2-8(6-13)3-10(11)4-9/h2-4,12-13H,5-6H2,1H3. The maximum atomic E-state index is 8.97. The number of aliphatic hydroxyl groups excluding tert-OH is 2. The maximum absolute atomic E-state index is 8.97. The van der Waals surface area contributed by atoms with Crippen molar-refractivity contribution < 1.29 is 10.2 Å². The largest absolute Gasteiger partial charge is 0.395 e. The number of halogens is 1. The fourth-order valence-corrected chi connectivity index (χ4v) is 1.81. The first-order chi connectivity index (χ1) is 6.17. The highest BCUT2D eigenvalue weighted by atomic mass is 127. The third-order valence-corrected chi connectivity index (χ3v) is 2.49. The summed E-state index contributed by atoms with van der Waals surface area (Å²) in [6.07, 6.45) is 0. The van der Waals surface area contributed by atoms with E-state index in [-0.39, 0.29) is 13.2 Å². The van der Waals surface area contributed by atoms with Crippen LogP contribution < -0.4 is 0 Å². The summed E-state index contributed by atoms with van der Waals surface area (Å²) in [5, 5.41) is 17.9. The van der Waals surface area contributed by atoms with E-state index >= 15 is 0 Å². The van der Waals surface area contributed by atoms with Gasteiger partial charge in [-0.15, -0.1) is 0 Å². The topological polar surface area (TPSA) is 40.5 Å². The van der Waals surface area contributed by atoms with Crippen LogP contribution in [-0.2, 0) is 6.61 Å². The fraction of sp³-hybridized carbons (Fsp3) is 0.300. The van der Waals surface area contributed by atoms with Crippen molar-refractivity contribution in [1.82, 2.24) is 0 Å². The summed E-state index contributed by atoms with van der Waals surface area (Å²) in [6, 6.07) is 5.81. The predicted octanol–water partition coefficient (Wildman–Crippen LogP) is 1.72. The van der Waals surface area contributed by atoms with Crippen LogP contribution >= 0.6 is 22.6 Å². The van der Waals surface area contributed by atoms with Crippen molar-refractivity contribution in [3.63, 3.8) is 0 Å². The predicted molar refractivity (Wildman–Crippen MR) is 60.2 cm³/mol. The molecule has 0 aromatic heterocycles. The van der Waals surface area contributed by atoms with E-state index in [0.717, 1.165) is 20.6 Å². The van der Waals surface area contributed by atoms with E-state index in [1.165, 1.54) is 0 Å². The van der Waals surface area contributed by atoms with Crippen LogP contribution in [0, 0.1) is 9.49 Å². The zero-order valence-electron chi connectivity index (χ0n) is 7.42. The van der Waals surface area contributed by atoms with Gasteiger partial charge in [-0.1, -0.05) is 13.0 Å². The van der Waals surface area contributed by atoms with E-state index in [2.05, 4.69) is 22.6 Å². The lowest BCUT2D eigenvalue weighted by atomic mass is 10.0. The van der Waals surface area contributed by atoms with E-state index in [0.29, 0.717) is 0 Å².